The van der Waals surface area contributed by atoms with Crippen LogP contribution in [0.1, 0.15) is 26.7 Å². The van der Waals surface area contributed by atoms with E-state index in [0.717, 1.165) is 30.3 Å². The Kier molecular flexibility index (Phi) is 6.09. The van der Waals surface area contributed by atoms with Gasteiger partial charge in [0.15, 0.2) is 0 Å². The van der Waals surface area contributed by atoms with Crippen LogP contribution in [-0.4, -0.2) is 20.3 Å². The topological polar surface area (TPSA) is 46.2 Å². The Morgan fingerprint density at radius 2 is 1.95 bits per heavy atom. The van der Waals surface area contributed by atoms with Crippen molar-refractivity contribution in [3.05, 3.63) is 29.8 Å². The highest BCUT2D eigenvalue weighted by Gasteiger charge is 2.24. The number of rotatable bonds is 7. The lowest BCUT2D eigenvalue weighted by Gasteiger charge is -2.24. The minimum Gasteiger partial charge on any atom is -0.211 e. The van der Waals surface area contributed by atoms with Gasteiger partial charge in [0.25, 0.3) is 0 Å². The average Bonchev–Trinajstić information content (AvgIpc) is 2.34. The molecule has 1 aromatic rings. The summed E-state index contributed by atoms with van der Waals surface area (Å²) >= 11 is 3.32. The van der Waals surface area contributed by atoms with Gasteiger partial charge in [-0.15, -0.1) is 0 Å². The van der Waals surface area contributed by atoms with Crippen molar-refractivity contribution in [2.45, 2.75) is 31.6 Å². The van der Waals surface area contributed by atoms with Gasteiger partial charge < -0.3 is 0 Å². The van der Waals surface area contributed by atoms with Gasteiger partial charge in [-0.3, -0.25) is 0 Å². The zero-order valence-electron chi connectivity index (χ0n) is 11.4. The van der Waals surface area contributed by atoms with E-state index in [9.17, 15) is 17.2 Å². The quantitative estimate of drug-likeness (QED) is 0.748. The standard InChI is InChI=1S/C13H18BrF2NO2S/c1-13(2,6-3-7-14)9-17-20(18,19)12-5-4-10(15)8-11(12)16/h4-5,8,17H,3,6-7,9H2,1-2H3. The number of hydrogen-bond acceptors (Lipinski definition) is 2. The molecule has 3 nitrogen and oxygen atoms in total. The Bertz CT molecular complexity index is 561. The molecule has 0 atom stereocenters. The van der Waals surface area contributed by atoms with Crippen molar-refractivity contribution in [3.8, 4) is 0 Å². The number of nitrogens with one attached hydrogen (secondary N) is 1. The molecule has 0 aliphatic heterocycles. The Balaban J connectivity index is 2.80. The van der Waals surface area contributed by atoms with Gasteiger partial charge >= 0.3 is 0 Å². The molecule has 0 heterocycles. The first kappa shape index (κ1) is 17.5. The molecular formula is C13H18BrF2NO2S. The van der Waals surface area contributed by atoms with Crippen molar-refractivity contribution in [1.82, 2.24) is 4.72 Å². The first-order valence-corrected chi connectivity index (χ1v) is 8.79. The predicted octanol–water partition coefficient (Wildman–Crippen LogP) is 3.44. The van der Waals surface area contributed by atoms with E-state index in [-0.39, 0.29) is 12.0 Å². The van der Waals surface area contributed by atoms with Crippen molar-refractivity contribution >= 4 is 26.0 Å². The van der Waals surface area contributed by atoms with E-state index in [1.165, 1.54) is 0 Å². The van der Waals surface area contributed by atoms with Crippen LogP contribution in [-0.2, 0) is 10.0 Å². The molecule has 7 heteroatoms. The summed E-state index contributed by atoms with van der Waals surface area (Å²) in [6.45, 7) is 4.05. The van der Waals surface area contributed by atoms with Gasteiger partial charge in [-0.2, -0.15) is 0 Å². The van der Waals surface area contributed by atoms with Gasteiger partial charge in [0.1, 0.15) is 16.5 Å². The third kappa shape index (κ3) is 5.10. The van der Waals surface area contributed by atoms with Gasteiger partial charge in [0.05, 0.1) is 0 Å². The van der Waals surface area contributed by atoms with Crippen LogP contribution in [0.5, 0.6) is 0 Å². The van der Waals surface area contributed by atoms with Crippen LogP contribution < -0.4 is 4.72 Å². The fourth-order valence-electron chi connectivity index (χ4n) is 1.70. The van der Waals surface area contributed by atoms with Gasteiger partial charge in [-0.1, -0.05) is 29.8 Å². The van der Waals surface area contributed by atoms with E-state index >= 15 is 0 Å². The fourth-order valence-corrected chi connectivity index (χ4v) is 3.27. The Morgan fingerprint density at radius 1 is 1.30 bits per heavy atom. The summed E-state index contributed by atoms with van der Waals surface area (Å²) in [6.07, 6.45) is 1.74. The molecule has 0 spiro atoms. The maximum absolute atomic E-state index is 13.5. The Labute approximate surface area is 126 Å². The van der Waals surface area contributed by atoms with Gasteiger partial charge in [0, 0.05) is 17.9 Å². The predicted molar refractivity (Wildman–Crippen MR) is 78.4 cm³/mol. The van der Waals surface area contributed by atoms with Crippen molar-refractivity contribution in [1.29, 1.82) is 0 Å². The van der Waals surface area contributed by atoms with E-state index in [1.807, 2.05) is 13.8 Å². The van der Waals surface area contributed by atoms with Crippen LogP contribution in [0.15, 0.2) is 23.1 Å². The number of halogens is 3. The van der Waals surface area contributed by atoms with Gasteiger partial charge in [0.2, 0.25) is 10.0 Å². The molecule has 0 amide bonds. The second-order valence-electron chi connectivity index (χ2n) is 5.36. The molecule has 0 aliphatic rings. The molecule has 1 aromatic carbocycles. The maximum atomic E-state index is 13.5. The molecule has 0 bridgehead atoms. The maximum Gasteiger partial charge on any atom is 0.243 e. The molecule has 0 radical (unpaired) electrons. The van der Waals surface area contributed by atoms with Crippen LogP contribution in [0.3, 0.4) is 0 Å². The smallest absolute Gasteiger partial charge is 0.211 e. The molecule has 0 aliphatic carbocycles. The third-order valence-corrected chi connectivity index (χ3v) is 4.91. The summed E-state index contributed by atoms with van der Waals surface area (Å²) < 4.78 is 52.7. The third-order valence-electron chi connectivity index (χ3n) is 2.91. The van der Waals surface area contributed by atoms with Crippen molar-refractivity contribution < 1.29 is 17.2 Å². The molecule has 0 aromatic heterocycles. The van der Waals surface area contributed by atoms with Crippen LogP contribution in [0.4, 0.5) is 8.78 Å². The zero-order chi connectivity index (χ0) is 15.4. The molecular weight excluding hydrogens is 352 g/mol. The minimum atomic E-state index is -3.97. The molecule has 20 heavy (non-hydrogen) atoms. The fraction of sp³-hybridized carbons (Fsp3) is 0.538. The van der Waals surface area contributed by atoms with E-state index in [4.69, 9.17) is 0 Å². The highest BCUT2D eigenvalue weighted by molar-refractivity contribution is 9.09. The van der Waals surface area contributed by atoms with Crippen LogP contribution >= 0.6 is 15.9 Å². The number of alkyl halides is 1. The van der Waals surface area contributed by atoms with Crippen LogP contribution in [0.2, 0.25) is 0 Å². The lowest BCUT2D eigenvalue weighted by atomic mass is 9.88. The first-order valence-electron chi connectivity index (χ1n) is 6.19. The second-order valence-corrected chi connectivity index (χ2v) is 7.88. The monoisotopic (exact) mass is 369 g/mol. The molecule has 0 fully saturated rings. The van der Waals surface area contributed by atoms with Crippen molar-refractivity contribution in [2.24, 2.45) is 5.41 Å². The minimum absolute atomic E-state index is 0.194. The zero-order valence-corrected chi connectivity index (χ0v) is 13.8. The molecule has 0 saturated carbocycles. The summed E-state index contributed by atoms with van der Waals surface area (Å²) in [4.78, 5) is -0.532. The molecule has 0 unspecified atom stereocenters. The van der Waals surface area contributed by atoms with E-state index in [0.29, 0.717) is 6.07 Å². The van der Waals surface area contributed by atoms with E-state index in [1.54, 1.807) is 0 Å². The summed E-state index contributed by atoms with van der Waals surface area (Å²) in [5.41, 5.74) is -0.239. The number of hydrogen-bond donors (Lipinski definition) is 1. The molecule has 114 valence electrons. The van der Waals surface area contributed by atoms with Gasteiger partial charge in [-0.05, 0) is 30.4 Å². The van der Waals surface area contributed by atoms with Crippen molar-refractivity contribution in [3.63, 3.8) is 0 Å². The molecule has 1 N–H and O–H groups in total. The highest BCUT2D eigenvalue weighted by atomic mass is 79.9. The van der Waals surface area contributed by atoms with Crippen LogP contribution in [0, 0.1) is 17.0 Å². The number of benzene rings is 1. The lowest BCUT2D eigenvalue weighted by Crippen LogP contribution is -2.34. The molecule has 1 rings (SSSR count). The van der Waals surface area contributed by atoms with Crippen LogP contribution in [0.25, 0.3) is 0 Å². The summed E-state index contributed by atoms with van der Waals surface area (Å²) in [5.74, 6) is -1.89. The molecule has 0 saturated heterocycles. The number of sulfonamides is 1. The average molecular weight is 370 g/mol. The van der Waals surface area contributed by atoms with Gasteiger partial charge in [-0.25, -0.2) is 21.9 Å². The summed E-state index contributed by atoms with van der Waals surface area (Å²) in [5, 5.41) is 0.843. The lowest BCUT2D eigenvalue weighted by molar-refractivity contribution is 0.332. The summed E-state index contributed by atoms with van der Waals surface area (Å²) in [6, 6.07) is 2.41. The van der Waals surface area contributed by atoms with E-state index < -0.39 is 26.6 Å². The second kappa shape index (κ2) is 6.95. The Morgan fingerprint density at radius 3 is 2.50 bits per heavy atom. The summed E-state index contributed by atoms with van der Waals surface area (Å²) in [7, 11) is -3.97. The largest absolute Gasteiger partial charge is 0.243 e. The Hall–Kier alpha value is -0.530. The highest BCUT2D eigenvalue weighted by Crippen LogP contribution is 2.23. The van der Waals surface area contributed by atoms with E-state index in [2.05, 4.69) is 20.7 Å². The first-order chi connectivity index (χ1) is 9.18. The van der Waals surface area contributed by atoms with Crippen molar-refractivity contribution in [2.75, 3.05) is 11.9 Å². The normalized spacial score (nSPS) is 12.7. The SMILES string of the molecule is CC(C)(CCCBr)CNS(=O)(=O)c1ccc(F)cc1F.